The molecule has 1 aliphatic heterocycles. The van der Waals surface area contributed by atoms with E-state index in [1.54, 1.807) is 0 Å². The zero-order valence-corrected chi connectivity index (χ0v) is 11.0. The molecule has 1 atom stereocenters. The highest BCUT2D eigenvalue weighted by Gasteiger charge is 2.33. The van der Waals surface area contributed by atoms with Gasteiger partial charge < -0.3 is 10.6 Å². The van der Waals surface area contributed by atoms with Gasteiger partial charge in [-0.1, -0.05) is 20.3 Å². The number of nitrogens with one attached hydrogen (secondary N) is 2. The highest BCUT2D eigenvalue weighted by Crippen LogP contribution is 2.41. The summed E-state index contributed by atoms with van der Waals surface area (Å²) >= 11 is 0. The Morgan fingerprint density at radius 1 is 1.25 bits per heavy atom. The van der Waals surface area contributed by atoms with Gasteiger partial charge in [-0.15, -0.1) is 0 Å². The lowest BCUT2D eigenvalue weighted by Gasteiger charge is -2.40. The van der Waals surface area contributed by atoms with Gasteiger partial charge in [0.25, 0.3) is 0 Å². The molecule has 1 unspecified atom stereocenters. The molecule has 0 aromatic heterocycles. The van der Waals surface area contributed by atoms with Crippen molar-refractivity contribution in [2.45, 2.75) is 46.0 Å². The van der Waals surface area contributed by atoms with Crippen molar-refractivity contribution < 1.29 is 0 Å². The van der Waals surface area contributed by atoms with Gasteiger partial charge in [-0.3, -0.25) is 0 Å². The third-order valence-electron chi connectivity index (χ3n) is 4.68. The van der Waals surface area contributed by atoms with Gasteiger partial charge in [0.05, 0.1) is 0 Å². The molecule has 0 bridgehead atoms. The fourth-order valence-corrected chi connectivity index (χ4v) is 3.01. The Kier molecular flexibility index (Phi) is 4.26. The third-order valence-corrected chi connectivity index (χ3v) is 4.68. The molecule has 0 radical (unpaired) electrons. The Hall–Kier alpha value is -0.0800. The minimum atomic E-state index is 0.520. The molecule has 2 nitrogen and oxygen atoms in total. The average Bonchev–Trinajstić information content (AvgIpc) is 2.61. The topological polar surface area (TPSA) is 24.1 Å². The van der Waals surface area contributed by atoms with Crippen molar-refractivity contribution in [3.8, 4) is 0 Å². The van der Waals surface area contributed by atoms with Crippen LogP contribution in [0.4, 0.5) is 0 Å². The Morgan fingerprint density at radius 2 is 2.06 bits per heavy atom. The Morgan fingerprint density at radius 3 is 2.62 bits per heavy atom. The highest BCUT2D eigenvalue weighted by molar-refractivity contribution is 4.86. The number of hydrogen-bond acceptors (Lipinski definition) is 2. The van der Waals surface area contributed by atoms with Gasteiger partial charge in [0, 0.05) is 6.54 Å². The third kappa shape index (κ3) is 3.21. The first-order valence-corrected chi connectivity index (χ1v) is 7.10. The van der Waals surface area contributed by atoms with E-state index >= 15 is 0 Å². The Balaban J connectivity index is 1.56. The van der Waals surface area contributed by atoms with Crippen LogP contribution in [0.1, 0.15) is 46.0 Å². The summed E-state index contributed by atoms with van der Waals surface area (Å²) in [5, 5.41) is 7.11. The molecular weight excluding hydrogens is 196 g/mol. The van der Waals surface area contributed by atoms with E-state index in [4.69, 9.17) is 0 Å². The molecule has 2 rings (SSSR count). The molecule has 2 fully saturated rings. The highest BCUT2D eigenvalue weighted by atomic mass is 14.9. The fraction of sp³-hybridized carbons (Fsp3) is 1.00. The summed E-state index contributed by atoms with van der Waals surface area (Å²) in [6.07, 6.45) is 7.12. The normalized spacial score (nSPS) is 27.0. The van der Waals surface area contributed by atoms with Gasteiger partial charge in [-0.25, -0.2) is 0 Å². The van der Waals surface area contributed by atoms with Gasteiger partial charge >= 0.3 is 0 Å². The van der Waals surface area contributed by atoms with Crippen LogP contribution in [0.2, 0.25) is 0 Å². The SMILES string of the molecule is CC(C)(CNCCC1CCNC1)C1CCC1. The predicted molar refractivity (Wildman–Crippen MR) is 69.6 cm³/mol. The van der Waals surface area contributed by atoms with Crippen LogP contribution >= 0.6 is 0 Å². The predicted octanol–water partition coefficient (Wildman–Crippen LogP) is 2.40. The second-order valence-electron chi connectivity index (χ2n) is 6.44. The quantitative estimate of drug-likeness (QED) is 0.677. The lowest BCUT2D eigenvalue weighted by Crippen LogP contribution is -2.39. The smallest absolute Gasteiger partial charge is 0.000517 e. The van der Waals surface area contributed by atoms with E-state index in [-0.39, 0.29) is 0 Å². The Labute approximate surface area is 101 Å². The molecule has 2 heteroatoms. The van der Waals surface area contributed by atoms with Crippen LogP contribution in [0.5, 0.6) is 0 Å². The largest absolute Gasteiger partial charge is 0.316 e. The molecule has 1 heterocycles. The molecule has 1 saturated heterocycles. The lowest BCUT2D eigenvalue weighted by atomic mass is 9.67. The molecule has 1 aliphatic carbocycles. The zero-order chi connectivity index (χ0) is 11.4. The minimum absolute atomic E-state index is 0.520. The Bertz CT molecular complexity index is 203. The fourth-order valence-electron chi connectivity index (χ4n) is 3.01. The van der Waals surface area contributed by atoms with Crippen LogP contribution in [0, 0.1) is 17.3 Å². The summed E-state index contributed by atoms with van der Waals surface area (Å²) in [6.45, 7) is 9.76. The summed E-state index contributed by atoms with van der Waals surface area (Å²) in [7, 11) is 0. The molecule has 94 valence electrons. The number of hydrogen-bond donors (Lipinski definition) is 2. The van der Waals surface area contributed by atoms with E-state index in [1.165, 1.54) is 58.3 Å². The molecule has 2 N–H and O–H groups in total. The second-order valence-corrected chi connectivity index (χ2v) is 6.44. The monoisotopic (exact) mass is 224 g/mol. The summed E-state index contributed by atoms with van der Waals surface area (Å²) in [4.78, 5) is 0. The first-order chi connectivity index (χ1) is 7.68. The number of rotatable bonds is 6. The molecule has 16 heavy (non-hydrogen) atoms. The van der Waals surface area contributed by atoms with E-state index in [2.05, 4.69) is 24.5 Å². The van der Waals surface area contributed by atoms with E-state index < -0.39 is 0 Å². The van der Waals surface area contributed by atoms with Crippen LogP contribution in [0.25, 0.3) is 0 Å². The molecule has 2 aliphatic rings. The van der Waals surface area contributed by atoms with E-state index in [1.807, 2.05) is 0 Å². The van der Waals surface area contributed by atoms with E-state index in [0.29, 0.717) is 5.41 Å². The summed E-state index contributed by atoms with van der Waals surface area (Å²) in [5.74, 6) is 1.91. The van der Waals surface area contributed by atoms with Crippen molar-refractivity contribution in [2.75, 3.05) is 26.2 Å². The lowest BCUT2D eigenvalue weighted by molar-refractivity contribution is 0.118. The van der Waals surface area contributed by atoms with Crippen LogP contribution < -0.4 is 10.6 Å². The minimum Gasteiger partial charge on any atom is -0.316 e. The van der Waals surface area contributed by atoms with Gasteiger partial charge in [0.1, 0.15) is 0 Å². The van der Waals surface area contributed by atoms with Gasteiger partial charge in [-0.2, -0.15) is 0 Å². The van der Waals surface area contributed by atoms with Crippen LogP contribution in [-0.2, 0) is 0 Å². The summed E-state index contributed by atoms with van der Waals surface area (Å²) in [5.41, 5.74) is 0.520. The van der Waals surface area contributed by atoms with Gasteiger partial charge in [0.15, 0.2) is 0 Å². The molecule has 0 amide bonds. The summed E-state index contributed by atoms with van der Waals surface area (Å²) in [6, 6.07) is 0. The standard InChI is InChI=1S/C14H28N2/c1-14(2,13-4-3-5-13)11-16-9-7-12-6-8-15-10-12/h12-13,15-16H,3-11H2,1-2H3. The summed E-state index contributed by atoms with van der Waals surface area (Å²) < 4.78 is 0. The average molecular weight is 224 g/mol. The van der Waals surface area contributed by atoms with Crippen molar-refractivity contribution >= 4 is 0 Å². The maximum Gasteiger partial charge on any atom is 0.000517 e. The van der Waals surface area contributed by atoms with Crippen molar-refractivity contribution in [1.29, 1.82) is 0 Å². The van der Waals surface area contributed by atoms with Crippen molar-refractivity contribution in [3.63, 3.8) is 0 Å². The van der Waals surface area contributed by atoms with Crippen molar-refractivity contribution in [3.05, 3.63) is 0 Å². The molecule has 1 saturated carbocycles. The van der Waals surface area contributed by atoms with Gasteiger partial charge in [0.2, 0.25) is 0 Å². The van der Waals surface area contributed by atoms with Gasteiger partial charge in [-0.05, 0) is 62.6 Å². The molecule has 0 aromatic rings. The molecule has 0 spiro atoms. The molecule has 0 aromatic carbocycles. The second kappa shape index (κ2) is 5.50. The van der Waals surface area contributed by atoms with Crippen LogP contribution in [0.15, 0.2) is 0 Å². The maximum absolute atomic E-state index is 3.67. The van der Waals surface area contributed by atoms with Crippen LogP contribution in [0.3, 0.4) is 0 Å². The maximum atomic E-state index is 3.67. The first kappa shape index (κ1) is 12.4. The first-order valence-electron chi connectivity index (χ1n) is 7.10. The molecular formula is C14H28N2. The van der Waals surface area contributed by atoms with Crippen molar-refractivity contribution in [1.82, 2.24) is 10.6 Å². The zero-order valence-electron chi connectivity index (χ0n) is 11.0. The van der Waals surface area contributed by atoms with E-state index in [9.17, 15) is 0 Å². The van der Waals surface area contributed by atoms with Crippen molar-refractivity contribution in [2.24, 2.45) is 17.3 Å². The van der Waals surface area contributed by atoms with Crippen LogP contribution in [-0.4, -0.2) is 26.2 Å². The van der Waals surface area contributed by atoms with E-state index in [0.717, 1.165) is 11.8 Å².